The summed E-state index contributed by atoms with van der Waals surface area (Å²) in [4.78, 5) is 11.9. The molecule has 7 heteroatoms. The molecule has 0 aliphatic carbocycles. The molecule has 0 aromatic heterocycles. The number of hydrazine groups is 1. The molecule has 2 aromatic rings. The van der Waals surface area contributed by atoms with Gasteiger partial charge in [0.15, 0.2) is 6.04 Å². The van der Waals surface area contributed by atoms with E-state index in [2.05, 4.69) is 12.3 Å². The Morgan fingerprint density at radius 3 is 2.57 bits per heavy atom. The summed E-state index contributed by atoms with van der Waals surface area (Å²) in [5, 5.41) is 2.22. The number of unbranched alkanes of at least 4 members (excludes halogenated alkanes) is 3. The molecule has 3 rings (SSSR count). The highest BCUT2D eigenvalue weighted by Gasteiger charge is 2.53. The predicted octanol–water partition coefficient (Wildman–Crippen LogP) is 5.92. The molecule has 4 nitrogen and oxygen atoms in total. The van der Waals surface area contributed by atoms with Gasteiger partial charge in [-0.05, 0) is 48.7 Å². The van der Waals surface area contributed by atoms with E-state index in [9.17, 15) is 18.0 Å². The molecule has 1 aliphatic heterocycles. The zero-order valence-corrected chi connectivity index (χ0v) is 17.7. The Kier molecular flexibility index (Phi) is 6.60. The summed E-state index contributed by atoms with van der Waals surface area (Å²) in [5.74, 6) is 0.239. The van der Waals surface area contributed by atoms with Crippen LogP contribution in [0.1, 0.15) is 64.5 Å². The third kappa shape index (κ3) is 4.89. The van der Waals surface area contributed by atoms with Crippen LogP contribution in [0.3, 0.4) is 0 Å². The number of amides is 1. The number of hydrogen-bond acceptors (Lipinski definition) is 3. The van der Waals surface area contributed by atoms with Crippen LogP contribution in [0.4, 0.5) is 13.2 Å². The van der Waals surface area contributed by atoms with Crippen molar-refractivity contribution in [2.45, 2.75) is 70.6 Å². The number of benzene rings is 2. The summed E-state index contributed by atoms with van der Waals surface area (Å²) < 4.78 is 48.3. The summed E-state index contributed by atoms with van der Waals surface area (Å²) in [7, 11) is 0. The molecule has 1 heterocycles. The first-order valence-corrected chi connectivity index (χ1v) is 10.4. The first-order valence-electron chi connectivity index (χ1n) is 10.4. The van der Waals surface area contributed by atoms with Crippen LogP contribution in [0.15, 0.2) is 36.4 Å². The number of ether oxygens (including phenoxy) is 1. The normalized spacial score (nSPS) is 17.9. The fourth-order valence-electron chi connectivity index (χ4n) is 4.01. The van der Waals surface area contributed by atoms with Crippen LogP contribution in [0.5, 0.6) is 5.75 Å². The van der Waals surface area contributed by atoms with Crippen LogP contribution in [0.2, 0.25) is 0 Å². The van der Waals surface area contributed by atoms with Gasteiger partial charge in [0.25, 0.3) is 0 Å². The van der Waals surface area contributed by atoms with Crippen LogP contribution in [-0.4, -0.2) is 29.2 Å². The zero-order valence-electron chi connectivity index (χ0n) is 17.7. The van der Waals surface area contributed by atoms with Crippen molar-refractivity contribution in [2.24, 2.45) is 0 Å². The van der Waals surface area contributed by atoms with Gasteiger partial charge in [0.1, 0.15) is 5.75 Å². The van der Waals surface area contributed by atoms with E-state index in [4.69, 9.17) is 4.74 Å². The minimum Gasteiger partial charge on any atom is -0.494 e. The number of rotatable bonds is 8. The summed E-state index contributed by atoms with van der Waals surface area (Å²) in [6.07, 6.45) is -0.192. The Hall–Kier alpha value is -2.28. The third-order valence-corrected chi connectivity index (χ3v) is 5.51. The lowest BCUT2D eigenvalue weighted by Crippen LogP contribution is -2.51. The number of hydrogen-bond donors (Lipinski definition) is 1. The molecule has 0 unspecified atom stereocenters. The fourth-order valence-corrected chi connectivity index (χ4v) is 4.01. The highest BCUT2D eigenvalue weighted by atomic mass is 19.4. The lowest BCUT2D eigenvalue weighted by molar-refractivity contribution is -0.203. The molecule has 0 saturated carbocycles. The molecular weight excluding hydrogens is 393 g/mol. The average molecular weight is 422 g/mol. The van der Waals surface area contributed by atoms with E-state index in [-0.39, 0.29) is 12.0 Å². The van der Waals surface area contributed by atoms with Crippen molar-refractivity contribution in [3.8, 4) is 5.75 Å². The fraction of sp³-hybridized carbons (Fsp3) is 0.522. The number of carbonyl (C=O) groups excluding carboxylic acids is 1. The zero-order chi connectivity index (χ0) is 21.9. The first-order chi connectivity index (χ1) is 14.1. The maximum Gasteiger partial charge on any atom is 0.409 e. The molecule has 1 N–H and O–H groups in total. The minimum atomic E-state index is -4.56. The molecule has 30 heavy (non-hydrogen) atoms. The van der Waals surface area contributed by atoms with Gasteiger partial charge in [0.05, 0.1) is 6.61 Å². The number of fused-ring (bicyclic) bond motifs is 1. The second-order valence-electron chi connectivity index (χ2n) is 8.48. The molecule has 1 aliphatic rings. The van der Waals surface area contributed by atoms with Crippen molar-refractivity contribution in [1.82, 2.24) is 10.4 Å². The monoisotopic (exact) mass is 422 g/mol. The second-order valence-corrected chi connectivity index (χ2v) is 8.48. The van der Waals surface area contributed by atoms with Crippen LogP contribution >= 0.6 is 0 Å². The predicted molar refractivity (Wildman–Crippen MR) is 111 cm³/mol. The lowest BCUT2D eigenvalue weighted by atomic mass is 9.93. The van der Waals surface area contributed by atoms with Crippen molar-refractivity contribution in [3.05, 3.63) is 42.0 Å². The van der Waals surface area contributed by atoms with Crippen molar-refractivity contribution in [1.29, 1.82) is 0 Å². The molecule has 1 fully saturated rings. The number of alkyl halides is 3. The lowest BCUT2D eigenvalue weighted by Gasteiger charge is -2.38. The van der Waals surface area contributed by atoms with Crippen molar-refractivity contribution >= 4 is 16.7 Å². The van der Waals surface area contributed by atoms with Gasteiger partial charge in [-0.3, -0.25) is 10.2 Å². The molecule has 2 aromatic carbocycles. The molecule has 1 amide bonds. The molecule has 1 saturated heterocycles. The van der Waals surface area contributed by atoms with Gasteiger partial charge in [-0.25, -0.2) is 0 Å². The van der Waals surface area contributed by atoms with Gasteiger partial charge in [-0.15, -0.1) is 0 Å². The Balaban J connectivity index is 1.92. The molecule has 164 valence electrons. The van der Waals surface area contributed by atoms with Gasteiger partial charge < -0.3 is 4.74 Å². The number of nitrogens with one attached hydrogen (secondary N) is 1. The van der Waals surface area contributed by atoms with Crippen molar-refractivity contribution < 1.29 is 22.7 Å². The SMILES string of the molecule is CCCCCCOc1ccc2c([C@H](N3NC(=O)CC3(C)C)C(F)(F)F)cccc2c1. The van der Waals surface area contributed by atoms with Gasteiger partial charge in [0, 0.05) is 12.0 Å². The van der Waals surface area contributed by atoms with Gasteiger partial charge in [-0.1, -0.05) is 50.5 Å². The molecular formula is C23H29F3N2O2. The van der Waals surface area contributed by atoms with Crippen molar-refractivity contribution in [2.75, 3.05) is 6.61 Å². The van der Waals surface area contributed by atoms with Crippen LogP contribution in [0, 0.1) is 0 Å². The smallest absolute Gasteiger partial charge is 0.409 e. The first kappa shape index (κ1) is 22.4. The van der Waals surface area contributed by atoms with Crippen molar-refractivity contribution in [3.63, 3.8) is 0 Å². The standard InChI is InChI=1S/C23H29F3N2O2/c1-4-5-6-7-13-30-17-11-12-18-16(14-17)9-8-10-19(18)21(23(24,25)26)28-22(2,3)15-20(29)27-28/h8-12,14,21H,4-7,13,15H2,1-3H3,(H,27,29)/t21-/m0/s1. The third-order valence-electron chi connectivity index (χ3n) is 5.51. The van der Waals surface area contributed by atoms with E-state index in [1.165, 1.54) is 6.07 Å². The van der Waals surface area contributed by atoms with Crippen LogP contribution < -0.4 is 10.2 Å². The van der Waals surface area contributed by atoms with E-state index in [0.29, 0.717) is 23.1 Å². The summed E-state index contributed by atoms with van der Waals surface area (Å²) in [6.45, 7) is 6.01. The molecule has 1 atom stereocenters. The van der Waals surface area contributed by atoms with Crippen LogP contribution in [-0.2, 0) is 4.79 Å². The summed E-state index contributed by atoms with van der Waals surface area (Å²) in [5.41, 5.74) is 1.58. The highest BCUT2D eigenvalue weighted by Crippen LogP contribution is 2.44. The van der Waals surface area contributed by atoms with Gasteiger partial charge >= 0.3 is 6.18 Å². The van der Waals surface area contributed by atoms with Gasteiger partial charge in [-0.2, -0.15) is 18.2 Å². The van der Waals surface area contributed by atoms with E-state index < -0.39 is 23.7 Å². The number of carbonyl (C=O) groups is 1. The Morgan fingerprint density at radius 1 is 1.17 bits per heavy atom. The summed E-state index contributed by atoms with van der Waals surface area (Å²) in [6, 6.07) is 8.11. The maximum atomic E-state index is 14.2. The average Bonchev–Trinajstić information content (AvgIpc) is 2.92. The topological polar surface area (TPSA) is 41.6 Å². The largest absolute Gasteiger partial charge is 0.494 e. The maximum absolute atomic E-state index is 14.2. The summed E-state index contributed by atoms with van der Waals surface area (Å²) >= 11 is 0. The quantitative estimate of drug-likeness (QED) is 0.537. The highest BCUT2D eigenvalue weighted by molar-refractivity contribution is 5.87. The van der Waals surface area contributed by atoms with Crippen LogP contribution in [0.25, 0.3) is 10.8 Å². The van der Waals surface area contributed by atoms with Gasteiger partial charge in [0.2, 0.25) is 5.91 Å². The van der Waals surface area contributed by atoms with E-state index in [1.807, 2.05) is 0 Å². The van der Waals surface area contributed by atoms with E-state index >= 15 is 0 Å². The number of nitrogens with zero attached hydrogens (tertiary/aromatic N) is 1. The second kappa shape index (κ2) is 8.84. The Labute approximate surface area is 175 Å². The minimum absolute atomic E-state index is 0.0143. The molecule has 0 bridgehead atoms. The number of halogens is 3. The molecule has 0 radical (unpaired) electrons. The molecule has 0 spiro atoms. The van der Waals surface area contributed by atoms with E-state index in [1.54, 1.807) is 44.2 Å². The Morgan fingerprint density at radius 2 is 1.93 bits per heavy atom. The Bertz CT molecular complexity index is 896. The van der Waals surface area contributed by atoms with E-state index in [0.717, 1.165) is 30.7 Å².